The summed E-state index contributed by atoms with van der Waals surface area (Å²) >= 11 is 0. The van der Waals surface area contributed by atoms with Gasteiger partial charge in [-0.15, -0.1) is 0 Å². The van der Waals surface area contributed by atoms with E-state index in [9.17, 15) is 21.6 Å². The number of carbonyl (C=O) groups is 1. The number of carbonyl (C=O) groups excluding carboxylic acids is 1. The highest BCUT2D eigenvalue weighted by atomic mass is 32.2. The van der Waals surface area contributed by atoms with E-state index in [1.165, 1.54) is 53.5 Å². The van der Waals surface area contributed by atoms with Crippen molar-refractivity contribution in [3.63, 3.8) is 0 Å². The van der Waals surface area contributed by atoms with E-state index in [0.29, 0.717) is 36.4 Å². The average molecular weight is 496 g/mol. The molecule has 0 bridgehead atoms. The van der Waals surface area contributed by atoms with Gasteiger partial charge in [0.2, 0.25) is 26.0 Å². The van der Waals surface area contributed by atoms with E-state index >= 15 is 0 Å². The Hall–Kier alpha value is -2.47. The topological polar surface area (TPSA) is 104 Å². The Morgan fingerprint density at radius 2 is 1.52 bits per heavy atom. The molecule has 0 saturated carbocycles. The molecule has 0 unspecified atom stereocenters. The lowest BCUT2D eigenvalue weighted by Crippen LogP contribution is -2.29. The average Bonchev–Trinajstić information content (AvgIpc) is 3.20. The van der Waals surface area contributed by atoms with Crippen molar-refractivity contribution < 1.29 is 26.4 Å². The van der Waals surface area contributed by atoms with Crippen LogP contribution in [0.3, 0.4) is 0 Å². The molecular weight excluding hydrogens is 466 g/mol. The van der Waals surface area contributed by atoms with Crippen molar-refractivity contribution in [1.29, 1.82) is 0 Å². The zero-order chi connectivity index (χ0) is 24.6. The monoisotopic (exact) mass is 495 g/mol. The van der Waals surface area contributed by atoms with Crippen LogP contribution < -0.4 is 9.64 Å². The molecule has 1 aliphatic rings. The van der Waals surface area contributed by atoms with Gasteiger partial charge in [0, 0.05) is 46.8 Å². The molecule has 0 atom stereocenters. The number of aryl methyl sites for hydroxylation is 1. The third-order valence-electron chi connectivity index (χ3n) is 5.66. The fourth-order valence-electron chi connectivity index (χ4n) is 3.71. The van der Waals surface area contributed by atoms with Gasteiger partial charge in [-0.2, -0.15) is 0 Å². The second-order valence-electron chi connectivity index (χ2n) is 8.13. The molecule has 2 aromatic carbocycles. The number of benzene rings is 2. The van der Waals surface area contributed by atoms with E-state index in [4.69, 9.17) is 4.74 Å². The summed E-state index contributed by atoms with van der Waals surface area (Å²) in [5.74, 6) is 0.390. The third-order valence-corrected chi connectivity index (χ3v) is 9.29. The minimum absolute atomic E-state index is 0.125. The summed E-state index contributed by atoms with van der Waals surface area (Å²) in [6.45, 7) is 0.464. The van der Waals surface area contributed by atoms with Gasteiger partial charge < -0.3 is 9.64 Å². The number of nitrogens with zero attached hydrogens (tertiary/aromatic N) is 3. The molecule has 0 saturated heterocycles. The van der Waals surface area contributed by atoms with Crippen LogP contribution in [-0.2, 0) is 37.7 Å². The molecular formula is C22H29N3O6S2. The first-order valence-electron chi connectivity index (χ1n) is 10.3. The van der Waals surface area contributed by atoms with Crippen molar-refractivity contribution in [2.75, 3.05) is 46.7 Å². The molecule has 0 fully saturated rings. The Morgan fingerprint density at radius 1 is 0.939 bits per heavy atom. The van der Waals surface area contributed by atoms with Crippen LogP contribution in [0.5, 0.6) is 5.75 Å². The van der Waals surface area contributed by atoms with Gasteiger partial charge in [-0.3, -0.25) is 4.79 Å². The molecule has 3 rings (SSSR count). The number of hydrogen-bond donors (Lipinski definition) is 0. The van der Waals surface area contributed by atoms with Crippen molar-refractivity contribution >= 4 is 31.6 Å². The molecule has 1 aliphatic heterocycles. The number of rotatable bonds is 8. The second kappa shape index (κ2) is 9.41. The van der Waals surface area contributed by atoms with Crippen molar-refractivity contribution in [1.82, 2.24) is 8.61 Å². The zero-order valence-corrected chi connectivity index (χ0v) is 21.0. The Morgan fingerprint density at radius 3 is 2.09 bits per heavy atom. The van der Waals surface area contributed by atoms with Crippen LogP contribution in [0.1, 0.15) is 17.5 Å². The first-order valence-corrected chi connectivity index (χ1v) is 13.2. The van der Waals surface area contributed by atoms with Crippen molar-refractivity contribution in [3.05, 3.63) is 47.5 Å². The highest BCUT2D eigenvalue weighted by Crippen LogP contribution is 2.32. The maximum atomic E-state index is 13.0. The number of anilines is 1. The van der Waals surface area contributed by atoms with Crippen LogP contribution in [0.2, 0.25) is 0 Å². The summed E-state index contributed by atoms with van der Waals surface area (Å²) < 4.78 is 57.4. The fraction of sp³-hybridized carbons (Fsp3) is 0.409. The zero-order valence-electron chi connectivity index (χ0n) is 19.4. The summed E-state index contributed by atoms with van der Waals surface area (Å²) in [7, 11) is 0.214. The molecule has 0 radical (unpaired) electrons. The molecule has 2 aromatic rings. The maximum absolute atomic E-state index is 13.0. The molecule has 180 valence electrons. The quantitative estimate of drug-likeness (QED) is 0.552. The van der Waals surface area contributed by atoms with Gasteiger partial charge in [-0.05, 0) is 60.4 Å². The Balaban J connectivity index is 1.80. The van der Waals surface area contributed by atoms with E-state index in [1.807, 2.05) is 0 Å². The molecule has 0 spiro atoms. The number of sulfonamides is 2. The molecule has 0 aliphatic carbocycles. The highest BCUT2D eigenvalue weighted by Gasteiger charge is 2.27. The summed E-state index contributed by atoms with van der Waals surface area (Å²) in [4.78, 5) is 15.0. The number of hydrogen-bond acceptors (Lipinski definition) is 6. The van der Waals surface area contributed by atoms with E-state index in [-0.39, 0.29) is 22.1 Å². The Kier molecular flexibility index (Phi) is 7.18. The van der Waals surface area contributed by atoms with Crippen molar-refractivity contribution in [3.8, 4) is 5.75 Å². The molecule has 0 aromatic heterocycles. The molecule has 1 heterocycles. The van der Waals surface area contributed by atoms with Crippen LogP contribution in [0.15, 0.2) is 46.2 Å². The number of ether oxygens (including phenoxy) is 1. The Bertz CT molecular complexity index is 1270. The van der Waals surface area contributed by atoms with E-state index in [2.05, 4.69) is 0 Å². The smallest absolute Gasteiger partial charge is 0.242 e. The minimum Gasteiger partial charge on any atom is -0.496 e. The largest absolute Gasteiger partial charge is 0.496 e. The molecule has 11 heteroatoms. The highest BCUT2D eigenvalue weighted by molar-refractivity contribution is 7.89. The second-order valence-corrected chi connectivity index (χ2v) is 12.4. The molecule has 0 N–H and O–H groups in total. The molecule has 1 amide bonds. The van der Waals surface area contributed by atoms with Gasteiger partial charge in [0.1, 0.15) is 5.75 Å². The summed E-state index contributed by atoms with van der Waals surface area (Å²) in [6.07, 6.45) is 1.02. The normalized spacial score (nSPS) is 14.1. The van der Waals surface area contributed by atoms with E-state index in [0.717, 1.165) is 14.2 Å². The third kappa shape index (κ3) is 4.91. The summed E-state index contributed by atoms with van der Waals surface area (Å²) in [6, 6.07) is 9.41. The van der Waals surface area contributed by atoms with E-state index in [1.54, 1.807) is 23.1 Å². The van der Waals surface area contributed by atoms with Gasteiger partial charge in [0.15, 0.2) is 0 Å². The summed E-state index contributed by atoms with van der Waals surface area (Å²) in [5.41, 5.74) is 2.14. The predicted octanol–water partition coefficient (Wildman–Crippen LogP) is 1.72. The number of amides is 1. The summed E-state index contributed by atoms with van der Waals surface area (Å²) in [5, 5.41) is 0. The first kappa shape index (κ1) is 25.2. The van der Waals surface area contributed by atoms with Crippen LogP contribution in [0.25, 0.3) is 0 Å². The van der Waals surface area contributed by atoms with Gasteiger partial charge in [0.05, 0.1) is 16.9 Å². The molecule has 33 heavy (non-hydrogen) atoms. The van der Waals surface area contributed by atoms with Gasteiger partial charge >= 0.3 is 0 Å². The number of methoxy groups -OCH3 is 1. The Labute approximate surface area is 195 Å². The first-order chi connectivity index (χ1) is 15.4. The molecule has 9 nitrogen and oxygen atoms in total. The standard InChI is InChI=1S/C22H29N3O6S2/c1-23(2)32(27,28)18-7-9-20-16(14-18)12-13-25(20)22(26)11-6-17-15-19(8-10-21(17)31-5)33(29,30)24(3)4/h7-10,14-15H,6,11-13H2,1-5H3. The van der Waals surface area contributed by atoms with Crippen LogP contribution in [-0.4, -0.2) is 73.2 Å². The predicted molar refractivity (Wildman–Crippen MR) is 126 cm³/mol. The lowest BCUT2D eigenvalue weighted by atomic mass is 10.1. The lowest BCUT2D eigenvalue weighted by molar-refractivity contribution is -0.118. The minimum atomic E-state index is -3.61. The van der Waals surface area contributed by atoms with Crippen molar-refractivity contribution in [2.24, 2.45) is 0 Å². The van der Waals surface area contributed by atoms with Gasteiger partial charge in [-0.1, -0.05) is 0 Å². The maximum Gasteiger partial charge on any atom is 0.242 e. The van der Waals surface area contributed by atoms with Crippen molar-refractivity contribution in [2.45, 2.75) is 29.1 Å². The van der Waals surface area contributed by atoms with Crippen LogP contribution >= 0.6 is 0 Å². The fourth-order valence-corrected chi connectivity index (χ4v) is 5.61. The van der Waals surface area contributed by atoms with Crippen LogP contribution in [0.4, 0.5) is 5.69 Å². The van der Waals surface area contributed by atoms with E-state index < -0.39 is 20.0 Å². The van der Waals surface area contributed by atoms with Gasteiger partial charge in [-0.25, -0.2) is 25.4 Å². The van der Waals surface area contributed by atoms with Gasteiger partial charge in [0.25, 0.3) is 0 Å². The SMILES string of the molecule is COc1ccc(S(=O)(=O)N(C)C)cc1CCC(=O)N1CCc2cc(S(=O)(=O)N(C)C)ccc21. The number of fused-ring (bicyclic) bond motifs is 1. The van der Waals surface area contributed by atoms with Crippen LogP contribution in [0, 0.1) is 0 Å². The lowest BCUT2D eigenvalue weighted by Gasteiger charge is -2.19.